The minimum Gasteiger partial charge on any atom is -0.330 e. The Kier molecular flexibility index (Phi) is 8.15. The number of nitrogens with zero attached hydrogens (tertiary/aromatic N) is 2. The number of likely N-dealkylation sites (tertiary alicyclic amines) is 1. The minimum atomic E-state index is -0.370. The van der Waals surface area contributed by atoms with Crippen LogP contribution in [0.4, 0.5) is 0 Å². The van der Waals surface area contributed by atoms with Crippen molar-refractivity contribution >= 4 is 5.91 Å². The predicted molar refractivity (Wildman–Crippen MR) is 103 cm³/mol. The fraction of sp³-hybridized carbons (Fsp3) is 0.632. The van der Waals surface area contributed by atoms with Gasteiger partial charge < -0.3 is 16.4 Å². The quantitative estimate of drug-likeness (QED) is 0.290. The third kappa shape index (κ3) is 5.33. The van der Waals surface area contributed by atoms with E-state index in [9.17, 15) is 4.79 Å². The third-order valence-corrected chi connectivity index (χ3v) is 5.16. The normalized spacial score (nSPS) is 20.6. The third-order valence-electron chi connectivity index (χ3n) is 5.16. The highest BCUT2D eigenvalue weighted by molar-refractivity contribution is 5.82. The van der Waals surface area contributed by atoms with Crippen LogP contribution < -0.4 is 16.8 Å². The SMILES string of the molecule is CC(c1ccccc1)C(N)NC(CCCCN)C(=O)N1CCCC1N=N. The van der Waals surface area contributed by atoms with Crippen molar-refractivity contribution in [2.45, 2.75) is 63.3 Å². The van der Waals surface area contributed by atoms with Gasteiger partial charge in [0, 0.05) is 12.5 Å². The van der Waals surface area contributed by atoms with Gasteiger partial charge in [0.25, 0.3) is 0 Å². The Morgan fingerprint density at radius 2 is 2.12 bits per heavy atom. The first-order valence-corrected chi connectivity index (χ1v) is 9.52. The average molecular weight is 361 g/mol. The van der Waals surface area contributed by atoms with E-state index in [0.29, 0.717) is 19.5 Å². The van der Waals surface area contributed by atoms with Gasteiger partial charge >= 0.3 is 0 Å². The number of hydrogen-bond donors (Lipinski definition) is 4. The van der Waals surface area contributed by atoms with Crippen molar-refractivity contribution in [2.75, 3.05) is 13.1 Å². The van der Waals surface area contributed by atoms with Crippen molar-refractivity contribution in [2.24, 2.45) is 16.6 Å². The number of carbonyl (C=O) groups excluding carboxylic acids is 1. The molecule has 2 rings (SSSR count). The van der Waals surface area contributed by atoms with E-state index in [1.54, 1.807) is 4.90 Å². The molecule has 0 radical (unpaired) electrons. The van der Waals surface area contributed by atoms with E-state index in [0.717, 1.165) is 31.2 Å². The Hall–Kier alpha value is -1.83. The summed E-state index contributed by atoms with van der Waals surface area (Å²) in [6.07, 6.45) is 3.41. The fourth-order valence-electron chi connectivity index (χ4n) is 3.45. The molecule has 1 heterocycles. The Bertz CT molecular complexity index is 566. The second kappa shape index (κ2) is 10.4. The molecule has 4 atom stereocenters. The number of nitrogens with two attached hydrogens (primary N) is 2. The zero-order valence-corrected chi connectivity index (χ0v) is 15.6. The maximum Gasteiger partial charge on any atom is 0.241 e. The summed E-state index contributed by atoms with van der Waals surface area (Å²) in [5.74, 6) is 0.0764. The number of benzene rings is 1. The van der Waals surface area contributed by atoms with Gasteiger partial charge in [0.2, 0.25) is 5.91 Å². The van der Waals surface area contributed by atoms with E-state index in [4.69, 9.17) is 17.0 Å². The molecule has 1 amide bonds. The van der Waals surface area contributed by atoms with E-state index in [1.165, 1.54) is 0 Å². The second-order valence-corrected chi connectivity index (χ2v) is 7.01. The van der Waals surface area contributed by atoms with E-state index >= 15 is 0 Å². The second-order valence-electron chi connectivity index (χ2n) is 7.01. The molecule has 1 aromatic rings. The lowest BCUT2D eigenvalue weighted by Crippen LogP contribution is -2.54. The van der Waals surface area contributed by atoms with Gasteiger partial charge in [-0.05, 0) is 37.8 Å². The molecule has 7 heteroatoms. The number of hydrogen-bond acceptors (Lipinski definition) is 6. The van der Waals surface area contributed by atoms with Gasteiger partial charge in [-0.2, -0.15) is 5.11 Å². The van der Waals surface area contributed by atoms with Crippen molar-refractivity contribution in [1.82, 2.24) is 10.2 Å². The molecule has 1 fully saturated rings. The standard InChI is InChI=1S/C19H32N6O/c1-14(15-8-3-2-4-9-15)18(21)23-16(10-5-6-12-20)19(26)25-13-7-11-17(25)24-22/h2-4,8-9,14,16-18,22-23H,5-7,10-13,20-21H2,1H3. The van der Waals surface area contributed by atoms with Crippen LogP contribution in [0.2, 0.25) is 0 Å². The highest BCUT2D eigenvalue weighted by Crippen LogP contribution is 2.22. The molecule has 6 N–H and O–H groups in total. The first-order chi connectivity index (χ1) is 12.6. The number of amides is 1. The Labute approximate surface area is 156 Å². The lowest BCUT2D eigenvalue weighted by atomic mass is 9.97. The van der Waals surface area contributed by atoms with Gasteiger partial charge in [-0.25, -0.2) is 5.53 Å². The molecule has 26 heavy (non-hydrogen) atoms. The van der Waals surface area contributed by atoms with Crippen LogP contribution in [0.3, 0.4) is 0 Å². The fourth-order valence-corrected chi connectivity index (χ4v) is 3.45. The van der Waals surface area contributed by atoms with Crippen LogP contribution in [0, 0.1) is 5.53 Å². The summed E-state index contributed by atoms with van der Waals surface area (Å²) in [5.41, 5.74) is 20.5. The highest BCUT2D eigenvalue weighted by Gasteiger charge is 2.34. The molecule has 0 aromatic heterocycles. The predicted octanol–water partition coefficient (Wildman–Crippen LogP) is 2.14. The van der Waals surface area contributed by atoms with Gasteiger partial charge in [-0.3, -0.25) is 10.1 Å². The summed E-state index contributed by atoms with van der Waals surface area (Å²) in [6, 6.07) is 9.69. The number of rotatable bonds is 10. The van der Waals surface area contributed by atoms with Gasteiger partial charge in [0.05, 0.1) is 12.2 Å². The lowest BCUT2D eigenvalue weighted by molar-refractivity contribution is -0.134. The summed E-state index contributed by atoms with van der Waals surface area (Å²) in [6.45, 7) is 3.33. The average Bonchev–Trinajstić information content (AvgIpc) is 3.15. The zero-order valence-electron chi connectivity index (χ0n) is 15.6. The van der Waals surface area contributed by atoms with Crippen LogP contribution in [0.1, 0.15) is 50.5 Å². The zero-order chi connectivity index (χ0) is 18.9. The van der Waals surface area contributed by atoms with Gasteiger partial charge in [0.1, 0.15) is 6.17 Å². The van der Waals surface area contributed by atoms with Crippen molar-refractivity contribution in [3.8, 4) is 0 Å². The van der Waals surface area contributed by atoms with Gasteiger partial charge in [0.15, 0.2) is 0 Å². The Morgan fingerprint density at radius 3 is 2.77 bits per heavy atom. The van der Waals surface area contributed by atoms with Gasteiger partial charge in [-0.15, -0.1) is 0 Å². The van der Waals surface area contributed by atoms with Crippen molar-refractivity contribution in [3.05, 3.63) is 35.9 Å². The minimum absolute atomic E-state index is 0.00349. The lowest BCUT2D eigenvalue weighted by Gasteiger charge is -2.31. The molecule has 7 nitrogen and oxygen atoms in total. The van der Waals surface area contributed by atoms with Crippen LogP contribution >= 0.6 is 0 Å². The molecule has 1 saturated heterocycles. The summed E-state index contributed by atoms with van der Waals surface area (Å²) < 4.78 is 0. The van der Waals surface area contributed by atoms with Crippen LogP contribution in [-0.4, -0.2) is 42.3 Å². The number of nitrogens with one attached hydrogen (secondary N) is 2. The first kappa shape index (κ1) is 20.5. The number of carbonyl (C=O) groups is 1. The summed E-state index contributed by atoms with van der Waals surface area (Å²) in [4.78, 5) is 14.8. The largest absolute Gasteiger partial charge is 0.330 e. The molecule has 1 aromatic carbocycles. The number of unbranched alkanes of at least 4 members (excludes halogenated alkanes) is 1. The topological polar surface area (TPSA) is 121 Å². The maximum atomic E-state index is 13.0. The van der Waals surface area contributed by atoms with E-state index in [2.05, 4.69) is 17.4 Å². The molecule has 144 valence electrons. The highest BCUT2D eigenvalue weighted by atomic mass is 16.2. The van der Waals surface area contributed by atoms with Crippen molar-refractivity contribution in [3.63, 3.8) is 0 Å². The molecule has 0 saturated carbocycles. The van der Waals surface area contributed by atoms with Crippen molar-refractivity contribution in [1.29, 1.82) is 5.53 Å². The molecule has 1 aliphatic heterocycles. The van der Waals surface area contributed by atoms with E-state index < -0.39 is 0 Å². The van der Waals surface area contributed by atoms with Crippen LogP contribution in [0.15, 0.2) is 35.4 Å². The van der Waals surface area contributed by atoms with E-state index in [-0.39, 0.29) is 30.2 Å². The molecule has 4 unspecified atom stereocenters. The molecule has 1 aliphatic rings. The summed E-state index contributed by atoms with van der Waals surface area (Å²) >= 11 is 0. The molecular weight excluding hydrogens is 328 g/mol. The summed E-state index contributed by atoms with van der Waals surface area (Å²) in [7, 11) is 0. The van der Waals surface area contributed by atoms with Crippen molar-refractivity contribution < 1.29 is 4.79 Å². The van der Waals surface area contributed by atoms with E-state index in [1.807, 2.05) is 30.3 Å². The molecule has 0 spiro atoms. The first-order valence-electron chi connectivity index (χ1n) is 9.52. The van der Waals surface area contributed by atoms with Crippen LogP contribution in [0.5, 0.6) is 0 Å². The monoisotopic (exact) mass is 360 g/mol. The molecule has 0 aliphatic carbocycles. The summed E-state index contributed by atoms with van der Waals surface area (Å²) in [5, 5.41) is 6.95. The smallest absolute Gasteiger partial charge is 0.241 e. The Balaban J connectivity index is 2.05. The van der Waals surface area contributed by atoms with Crippen LogP contribution in [0.25, 0.3) is 0 Å². The Morgan fingerprint density at radius 1 is 1.38 bits per heavy atom. The maximum absolute atomic E-state index is 13.0. The molecular formula is C19H32N6O. The van der Waals surface area contributed by atoms with Gasteiger partial charge in [-0.1, -0.05) is 43.7 Å². The van der Waals surface area contributed by atoms with Crippen LogP contribution in [-0.2, 0) is 4.79 Å². The molecule has 0 bridgehead atoms.